The second-order valence-corrected chi connectivity index (χ2v) is 5.06. The van der Waals surface area contributed by atoms with E-state index < -0.39 is 0 Å². The molecular weight excluding hydrogens is 377 g/mol. The predicted molar refractivity (Wildman–Crippen MR) is 89.3 cm³/mol. The first-order valence-corrected chi connectivity index (χ1v) is 6.54. The Bertz CT molecular complexity index is 421. The Balaban J connectivity index is 0.00000324. The van der Waals surface area contributed by atoms with Gasteiger partial charge in [0.15, 0.2) is 5.96 Å². The van der Waals surface area contributed by atoms with Gasteiger partial charge in [0.2, 0.25) is 0 Å². The zero-order valence-electron chi connectivity index (χ0n) is 11.4. The molecule has 0 bridgehead atoms. The van der Waals surface area contributed by atoms with E-state index in [2.05, 4.69) is 39.4 Å². The molecule has 0 amide bonds. The van der Waals surface area contributed by atoms with Gasteiger partial charge in [-0.05, 0) is 19.1 Å². The number of methoxy groups -OCH3 is 1. The number of esters is 1. The average molecular weight is 397 g/mol. The van der Waals surface area contributed by atoms with E-state index in [1.807, 2.05) is 0 Å². The minimum atomic E-state index is -0.230. The van der Waals surface area contributed by atoms with Crippen molar-refractivity contribution in [2.45, 2.75) is 19.9 Å². The lowest BCUT2D eigenvalue weighted by molar-refractivity contribution is -0.140. The summed E-state index contributed by atoms with van der Waals surface area (Å²) in [5, 5.41) is 6.24. The van der Waals surface area contributed by atoms with Crippen molar-refractivity contribution >= 4 is 47.2 Å². The minimum absolute atomic E-state index is 0. The van der Waals surface area contributed by atoms with Crippen molar-refractivity contribution in [3.8, 4) is 0 Å². The molecule has 0 saturated carbocycles. The Morgan fingerprint density at radius 2 is 2.16 bits per heavy atom. The van der Waals surface area contributed by atoms with Crippen LogP contribution in [0.4, 0.5) is 0 Å². The maximum atomic E-state index is 10.9. The van der Waals surface area contributed by atoms with Crippen LogP contribution in [0.15, 0.2) is 17.1 Å². The number of ether oxygens (including phenoxy) is 1. The molecule has 0 fully saturated rings. The summed E-state index contributed by atoms with van der Waals surface area (Å²) < 4.78 is 4.56. The average Bonchev–Trinajstić information content (AvgIpc) is 2.79. The molecule has 19 heavy (non-hydrogen) atoms. The number of rotatable bonds is 5. The minimum Gasteiger partial charge on any atom is -0.469 e. The van der Waals surface area contributed by atoms with Crippen LogP contribution in [0.2, 0.25) is 0 Å². The molecule has 0 aliphatic carbocycles. The number of nitrogens with zero attached hydrogens (tertiary/aromatic N) is 1. The highest BCUT2D eigenvalue weighted by atomic mass is 127. The Kier molecular flexibility index (Phi) is 9.58. The van der Waals surface area contributed by atoms with Gasteiger partial charge in [0, 0.05) is 23.3 Å². The van der Waals surface area contributed by atoms with Gasteiger partial charge in [-0.2, -0.15) is 0 Å². The molecule has 0 spiro atoms. The predicted octanol–water partition coefficient (Wildman–Crippen LogP) is 1.90. The van der Waals surface area contributed by atoms with Crippen LogP contribution in [-0.2, 0) is 16.1 Å². The quantitative estimate of drug-likeness (QED) is 0.345. The van der Waals surface area contributed by atoms with E-state index in [1.54, 1.807) is 18.4 Å². The van der Waals surface area contributed by atoms with E-state index in [0.717, 1.165) is 6.54 Å². The number of aryl methyl sites for hydroxylation is 1. The summed E-state index contributed by atoms with van der Waals surface area (Å²) in [5.74, 6) is 0.455. The van der Waals surface area contributed by atoms with Gasteiger partial charge in [0.1, 0.15) is 0 Å². The smallest absolute Gasteiger partial charge is 0.307 e. The number of carbonyl (C=O) groups excluding carboxylic acids is 1. The maximum Gasteiger partial charge on any atom is 0.307 e. The molecule has 0 aliphatic heterocycles. The van der Waals surface area contributed by atoms with E-state index in [-0.39, 0.29) is 29.9 Å². The van der Waals surface area contributed by atoms with Crippen LogP contribution < -0.4 is 10.6 Å². The largest absolute Gasteiger partial charge is 0.469 e. The van der Waals surface area contributed by atoms with E-state index in [9.17, 15) is 4.79 Å². The van der Waals surface area contributed by atoms with Crippen molar-refractivity contribution < 1.29 is 9.53 Å². The number of hydrogen-bond donors (Lipinski definition) is 2. The fourth-order valence-corrected chi connectivity index (χ4v) is 2.19. The first-order valence-electron chi connectivity index (χ1n) is 5.72. The maximum absolute atomic E-state index is 10.9. The Morgan fingerprint density at radius 3 is 2.68 bits per heavy atom. The number of aliphatic imine (C=N–C) groups is 1. The molecule has 0 atom stereocenters. The summed E-state index contributed by atoms with van der Waals surface area (Å²) in [5.41, 5.74) is 0. The van der Waals surface area contributed by atoms with Crippen LogP contribution in [0.25, 0.3) is 0 Å². The lowest BCUT2D eigenvalue weighted by Gasteiger charge is -2.10. The number of halogens is 1. The fraction of sp³-hybridized carbons (Fsp3) is 0.500. The number of carbonyl (C=O) groups is 1. The highest BCUT2D eigenvalue weighted by Crippen LogP contribution is 2.14. The molecule has 1 rings (SSSR count). The first kappa shape index (κ1) is 18.2. The zero-order valence-corrected chi connectivity index (χ0v) is 14.5. The SMILES string of the molecule is CN=C(NCCC(=O)OC)NCc1ccc(C)s1.I. The van der Waals surface area contributed by atoms with E-state index in [0.29, 0.717) is 18.9 Å². The summed E-state index contributed by atoms with van der Waals surface area (Å²) in [6, 6.07) is 4.18. The lowest BCUT2D eigenvalue weighted by Crippen LogP contribution is -2.37. The van der Waals surface area contributed by atoms with Crippen LogP contribution in [0.3, 0.4) is 0 Å². The summed E-state index contributed by atoms with van der Waals surface area (Å²) in [7, 11) is 3.08. The second-order valence-electron chi connectivity index (χ2n) is 3.69. The van der Waals surface area contributed by atoms with E-state index in [4.69, 9.17) is 0 Å². The Labute approximate surface area is 134 Å². The van der Waals surface area contributed by atoms with Gasteiger partial charge in [0.05, 0.1) is 20.1 Å². The van der Waals surface area contributed by atoms with Crippen LogP contribution in [0.5, 0.6) is 0 Å². The molecule has 7 heteroatoms. The number of nitrogens with one attached hydrogen (secondary N) is 2. The highest BCUT2D eigenvalue weighted by molar-refractivity contribution is 14.0. The fourth-order valence-electron chi connectivity index (χ4n) is 1.36. The Morgan fingerprint density at radius 1 is 1.42 bits per heavy atom. The monoisotopic (exact) mass is 397 g/mol. The summed E-state index contributed by atoms with van der Waals surface area (Å²) in [4.78, 5) is 17.6. The normalized spacial score (nSPS) is 10.6. The third kappa shape index (κ3) is 7.36. The van der Waals surface area contributed by atoms with Crippen LogP contribution in [-0.4, -0.2) is 32.6 Å². The van der Waals surface area contributed by atoms with Gasteiger partial charge < -0.3 is 15.4 Å². The molecule has 0 aliphatic rings. The van der Waals surface area contributed by atoms with Gasteiger partial charge >= 0.3 is 5.97 Å². The number of hydrogen-bond acceptors (Lipinski definition) is 4. The van der Waals surface area contributed by atoms with E-state index in [1.165, 1.54) is 16.9 Å². The highest BCUT2D eigenvalue weighted by Gasteiger charge is 2.02. The molecule has 2 N–H and O–H groups in total. The van der Waals surface area contributed by atoms with Crippen molar-refractivity contribution in [2.75, 3.05) is 20.7 Å². The molecule has 0 radical (unpaired) electrons. The third-order valence-corrected chi connectivity index (χ3v) is 3.30. The van der Waals surface area contributed by atoms with Gasteiger partial charge in [-0.1, -0.05) is 0 Å². The topological polar surface area (TPSA) is 62.7 Å². The van der Waals surface area contributed by atoms with Crippen molar-refractivity contribution in [2.24, 2.45) is 4.99 Å². The molecule has 1 heterocycles. The van der Waals surface area contributed by atoms with Crippen LogP contribution in [0.1, 0.15) is 16.2 Å². The number of thiophene rings is 1. The summed E-state index contributed by atoms with van der Waals surface area (Å²) >= 11 is 1.75. The summed E-state index contributed by atoms with van der Waals surface area (Å²) in [6.45, 7) is 3.32. The Hall–Kier alpha value is -0.830. The molecule has 1 aromatic heterocycles. The van der Waals surface area contributed by atoms with Crippen LogP contribution >= 0.6 is 35.3 Å². The third-order valence-electron chi connectivity index (χ3n) is 2.30. The van der Waals surface area contributed by atoms with Crippen molar-refractivity contribution in [3.05, 3.63) is 21.9 Å². The molecule has 0 saturated heterocycles. The van der Waals surface area contributed by atoms with Gasteiger partial charge in [-0.15, -0.1) is 35.3 Å². The molecule has 1 aromatic rings. The molecule has 5 nitrogen and oxygen atoms in total. The summed E-state index contributed by atoms with van der Waals surface area (Å²) in [6.07, 6.45) is 0.329. The second kappa shape index (κ2) is 10.0. The van der Waals surface area contributed by atoms with Crippen molar-refractivity contribution in [3.63, 3.8) is 0 Å². The molecular formula is C12H20IN3O2S. The van der Waals surface area contributed by atoms with Gasteiger partial charge in [-0.3, -0.25) is 9.79 Å². The van der Waals surface area contributed by atoms with Crippen molar-refractivity contribution in [1.82, 2.24) is 10.6 Å². The van der Waals surface area contributed by atoms with Gasteiger partial charge in [0.25, 0.3) is 0 Å². The first-order chi connectivity index (χ1) is 8.65. The molecule has 0 unspecified atom stereocenters. The lowest BCUT2D eigenvalue weighted by atomic mass is 10.4. The zero-order chi connectivity index (χ0) is 13.4. The number of guanidine groups is 1. The standard InChI is InChI=1S/C12H19N3O2S.HI/c1-9-4-5-10(18-9)8-15-12(13-2)14-7-6-11(16)17-3;/h4-5H,6-8H2,1-3H3,(H2,13,14,15);1H. The molecule has 108 valence electrons. The van der Waals surface area contributed by atoms with Crippen LogP contribution in [0, 0.1) is 6.92 Å². The van der Waals surface area contributed by atoms with Crippen molar-refractivity contribution in [1.29, 1.82) is 0 Å². The van der Waals surface area contributed by atoms with E-state index >= 15 is 0 Å². The molecule has 0 aromatic carbocycles. The van der Waals surface area contributed by atoms with Gasteiger partial charge in [-0.25, -0.2) is 0 Å².